The van der Waals surface area contributed by atoms with Crippen molar-refractivity contribution < 1.29 is 14.6 Å². The van der Waals surface area contributed by atoms with Crippen LogP contribution in [-0.2, 0) is 48.0 Å². The van der Waals surface area contributed by atoms with Gasteiger partial charge < -0.3 is 25.6 Å². The number of methoxy groups -OCH3 is 2. The van der Waals surface area contributed by atoms with Crippen LogP contribution in [0.4, 0.5) is 0 Å². The highest BCUT2D eigenvalue weighted by Crippen LogP contribution is 2.21. The molecule has 2 aromatic heterocycles. The van der Waals surface area contributed by atoms with Crippen LogP contribution in [0.1, 0.15) is 99.1 Å². The molecule has 4 rings (SSSR count). The van der Waals surface area contributed by atoms with Crippen molar-refractivity contribution in [1.29, 1.82) is 0 Å². The summed E-state index contributed by atoms with van der Waals surface area (Å²) >= 11 is 3.18. The molecule has 43 heavy (non-hydrogen) atoms. The summed E-state index contributed by atoms with van der Waals surface area (Å²) in [5.74, 6) is 0. The zero-order valence-electron chi connectivity index (χ0n) is 27.6. The van der Waals surface area contributed by atoms with Crippen LogP contribution in [0.2, 0.25) is 0 Å². The van der Waals surface area contributed by atoms with Crippen LogP contribution in [0.5, 0.6) is 0 Å². The van der Waals surface area contributed by atoms with Gasteiger partial charge >= 0.3 is 0 Å². The van der Waals surface area contributed by atoms with Gasteiger partial charge in [-0.25, -0.2) is 0 Å². The molecule has 0 fully saturated rings. The van der Waals surface area contributed by atoms with E-state index in [0.717, 1.165) is 57.4 Å². The first-order valence-electron chi connectivity index (χ1n) is 16.5. The second kappa shape index (κ2) is 26.9. The summed E-state index contributed by atoms with van der Waals surface area (Å²) in [6.45, 7) is 7.87. The summed E-state index contributed by atoms with van der Waals surface area (Å²) in [5, 5.41) is 12.4. The molecule has 2 aliphatic carbocycles. The van der Waals surface area contributed by atoms with Gasteiger partial charge in [-0.2, -0.15) is 0 Å². The Morgan fingerprint density at radius 1 is 0.767 bits per heavy atom. The number of ether oxygens (including phenoxy) is 2. The Hall–Kier alpha value is -1.42. The molecule has 0 radical (unpaired) electrons. The molecule has 8 heteroatoms. The average Bonchev–Trinajstić information content (AvgIpc) is 3.01. The summed E-state index contributed by atoms with van der Waals surface area (Å²) in [6.07, 6.45) is 16.8. The van der Waals surface area contributed by atoms with E-state index in [9.17, 15) is 0 Å². The zero-order chi connectivity index (χ0) is 31.5. The SMILES string of the molecule is CC(C)O.COCCBr.COCCNCCCCc1ccc2c(n1)CCCC2.NCCCCc1ccc2c(n1)CCCC2. The van der Waals surface area contributed by atoms with Gasteiger partial charge in [0.1, 0.15) is 0 Å². The Labute approximate surface area is 271 Å². The molecule has 246 valence electrons. The Morgan fingerprint density at radius 2 is 1.26 bits per heavy atom. The average molecular weight is 666 g/mol. The molecule has 0 bridgehead atoms. The maximum absolute atomic E-state index is 8.06. The van der Waals surface area contributed by atoms with Crippen molar-refractivity contribution in [3.05, 3.63) is 58.2 Å². The first-order valence-corrected chi connectivity index (χ1v) is 17.6. The number of halogens is 1. The normalized spacial score (nSPS) is 13.4. The standard InChI is InChI=1S/C16H26N2O.C13H20N2.C3H7BrO.C3H8O/c1-19-13-12-17-11-5-4-7-15-10-9-14-6-2-3-8-16(14)18-15;14-10-4-3-6-12-9-8-11-5-1-2-7-13(11)15-12;1-5-3-2-4;1-3(2)4/h9-10,17H,2-8,11-13H2,1H3;8-9H,1-7,10,14H2;2-3H2,1H3;3-4H,1-2H3. The van der Waals surface area contributed by atoms with Gasteiger partial charge in [0, 0.05) is 55.0 Å². The van der Waals surface area contributed by atoms with E-state index in [1.165, 1.54) is 105 Å². The number of aromatic nitrogens is 2. The highest BCUT2D eigenvalue weighted by Gasteiger charge is 2.11. The van der Waals surface area contributed by atoms with Crippen molar-refractivity contribution in [3.63, 3.8) is 0 Å². The van der Waals surface area contributed by atoms with E-state index >= 15 is 0 Å². The van der Waals surface area contributed by atoms with Gasteiger partial charge in [-0.1, -0.05) is 28.1 Å². The van der Waals surface area contributed by atoms with Gasteiger partial charge in [-0.05, 0) is 140 Å². The summed E-state index contributed by atoms with van der Waals surface area (Å²) in [6, 6.07) is 9.00. The van der Waals surface area contributed by atoms with Gasteiger partial charge in [0.05, 0.1) is 13.2 Å². The first-order chi connectivity index (χ1) is 20.9. The molecule has 7 nitrogen and oxygen atoms in total. The first kappa shape index (κ1) is 39.6. The van der Waals surface area contributed by atoms with E-state index < -0.39 is 0 Å². The van der Waals surface area contributed by atoms with Crippen molar-refractivity contribution in [2.45, 2.75) is 110 Å². The number of pyridine rings is 2. The second-order valence-corrected chi connectivity index (χ2v) is 12.2. The number of hydrogen-bond donors (Lipinski definition) is 3. The topological polar surface area (TPSA) is 103 Å². The number of aliphatic hydroxyl groups excluding tert-OH is 1. The van der Waals surface area contributed by atoms with Gasteiger partial charge in [-0.3, -0.25) is 9.97 Å². The highest BCUT2D eigenvalue weighted by molar-refractivity contribution is 9.09. The molecule has 0 aliphatic heterocycles. The third-order valence-corrected chi connectivity index (χ3v) is 7.48. The molecule has 0 atom stereocenters. The zero-order valence-corrected chi connectivity index (χ0v) is 29.2. The van der Waals surface area contributed by atoms with Crippen molar-refractivity contribution in [2.24, 2.45) is 5.73 Å². The molecule has 0 amide bonds. The van der Waals surface area contributed by atoms with Crippen LogP contribution in [0.25, 0.3) is 0 Å². The van der Waals surface area contributed by atoms with E-state index in [1.807, 2.05) is 0 Å². The molecule has 0 aromatic carbocycles. The number of aryl methyl sites for hydroxylation is 6. The van der Waals surface area contributed by atoms with Crippen LogP contribution in [-0.4, -0.2) is 73.6 Å². The minimum Gasteiger partial charge on any atom is -0.394 e. The Morgan fingerprint density at radius 3 is 1.70 bits per heavy atom. The maximum atomic E-state index is 8.06. The van der Waals surface area contributed by atoms with E-state index in [1.54, 1.807) is 28.1 Å². The highest BCUT2D eigenvalue weighted by atomic mass is 79.9. The number of hydrogen-bond acceptors (Lipinski definition) is 7. The van der Waals surface area contributed by atoms with Crippen LogP contribution in [0, 0.1) is 0 Å². The number of nitrogens with two attached hydrogens (primary N) is 1. The molecule has 2 aliphatic rings. The van der Waals surface area contributed by atoms with Crippen molar-refractivity contribution in [2.75, 3.05) is 52.4 Å². The van der Waals surface area contributed by atoms with E-state index in [2.05, 4.69) is 50.2 Å². The van der Waals surface area contributed by atoms with Crippen molar-refractivity contribution >= 4 is 15.9 Å². The molecule has 0 saturated heterocycles. The summed E-state index contributed by atoms with van der Waals surface area (Å²) in [7, 11) is 3.42. The third kappa shape index (κ3) is 20.3. The smallest absolute Gasteiger partial charge is 0.0587 e. The lowest BCUT2D eigenvalue weighted by molar-refractivity contribution is 0.199. The van der Waals surface area contributed by atoms with E-state index in [4.69, 9.17) is 25.5 Å². The largest absolute Gasteiger partial charge is 0.394 e. The number of nitrogens with zero attached hydrogens (tertiary/aromatic N) is 2. The fraction of sp³-hybridized carbons (Fsp3) is 0.714. The summed E-state index contributed by atoms with van der Waals surface area (Å²) < 4.78 is 9.64. The van der Waals surface area contributed by atoms with Gasteiger partial charge in [0.25, 0.3) is 0 Å². The lowest BCUT2D eigenvalue weighted by Gasteiger charge is -2.15. The molecule has 0 unspecified atom stereocenters. The Bertz CT molecular complexity index is 941. The van der Waals surface area contributed by atoms with Crippen LogP contribution in [0.3, 0.4) is 0 Å². The van der Waals surface area contributed by atoms with Gasteiger partial charge in [0.15, 0.2) is 0 Å². The van der Waals surface area contributed by atoms with Gasteiger partial charge in [0.2, 0.25) is 0 Å². The number of nitrogens with one attached hydrogen (secondary N) is 1. The summed E-state index contributed by atoms with van der Waals surface area (Å²) in [4.78, 5) is 9.56. The quantitative estimate of drug-likeness (QED) is 0.164. The predicted molar refractivity (Wildman–Crippen MR) is 184 cm³/mol. The maximum Gasteiger partial charge on any atom is 0.0587 e. The number of unbranched alkanes of at least 4 members (excludes halogenated alkanes) is 2. The van der Waals surface area contributed by atoms with Crippen molar-refractivity contribution in [3.8, 4) is 0 Å². The minimum atomic E-state index is -0.167. The fourth-order valence-corrected chi connectivity index (χ4v) is 5.24. The molecule has 4 N–H and O–H groups in total. The number of alkyl halides is 1. The molecular weight excluding hydrogens is 604 g/mol. The van der Waals surface area contributed by atoms with E-state index in [-0.39, 0.29) is 6.10 Å². The minimum absolute atomic E-state index is 0.167. The van der Waals surface area contributed by atoms with Crippen LogP contribution >= 0.6 is 15.9 Å². The Balaban J connectivity index is 0.000000341. The number of fused-ring (bicyclic) bond motifs is 2. The lowest BCUT2D eigenvalue weighted by Crippen LogP contribution is -2.20. The monoisotopic (exact) mass is 664 g/mol. The lowest BCUT2D eigenvalue weighted by atomic mass is 9.95. The van der Waals surface area contributed by atoms with Crippen LogP contribution in [0.15, 0.2) is 24.3 Å². The number of rotatable bonds is 14. The van der Waals surface area contributed by atoms with Crippen LogP contribution < -0.4 is 11.1 Å². The number of aliphatic hydroxyl groups is 1. The van der Waals surface area contributed by atoms with Crippen molar-refractivity contribution in [1.82, 2.24) is 15.3 Å². The van der Waals surface area contributed by atoms with E-state index in [0.29, 0.717) is 0 Å². The Kier molecular flexibility index (Phi) is 24.8. The molecule has 0 saturated carbocycles. The fourth-order valence-electron chi connectivity index (χ4n) is 4.92. The summed E-state index contributed by atoms with van der Waals surface area (Å²) in [5.41, 5.74) is 13.7. The van der Waals surface area contributed by atoms with Gasteiger partial charge in [-0.15, -0.1) is 0 Å². The molecule has 2 heterocycles. The molecule has 0 spiro atoms. The molecular formula is C35H61BrN4O3. The molecule has 2 aromatic rings. The second-order valence-electron chi connectivity index (χ2n) is 11.5. The third-order valence-electron chi connectivity index (χ3n) is 7.16. The predicted octanol–water partition coefficient (Wildman–Crippen LogP) is 6.18.